The normalized spacial score (nSPS) is 20.6. The van der Waals surface area contributed by atoms with E-state index < -0.39 is 0 Å². The molecule has 2 N–H and O–H groups in total. The standard InChI is InChI=1S/C19H26N4O.HI/c1-14-8-10-16(11-9-14)22-19(20-2)21-13-17-12-18(24-23-17)15-6-4-3-5-7-15;/h3-7,12,14,16H,8-11,13H2,1-2H3,(H2,20,21,22);1H. The molecule has 0 radical (unpaired) electrons. The summed E-state index contributed by atoms with van der Waals surface area (Å²) in [5.74, 6) is 2.47. The van der Waals surface area contributed by atoms with Gasteiger partial charge in [0.15, 0.2) is 11.7 Å². The van der Waals surface area contributed by atoms with Gasteiger partial charge in [-0.05, 0) is 31.6 Å². The predicted octanol–water partition coefficient (Wildman–Crippen LogP) is 4.20. The molecule has 0 bridgehead atoms. The van der Waals surface area contributed by atoms with Crippen LogP contribution < -0.4 is 10.6 Å². The molecular formula is C19H27IN4O. The van der Waals surface area contributed by atoms with Crippen molar-refractivity contribution in [1.82, 2.24) is 15.8 Å². The summed E-state index contributed by atoms with van der Waals surface area (Å²) in [5.41, 5.74) is 1.91. The van der Waals surface area contributed by atoms with Gasteiger partial charge in [-0.2, -0.15) is 0 Å². The Labute approximate surface area is 166 Å². The Kier molecular flexibility index (Phi) is 7.74. The third kappa shape index (κ3) is 5.73. The Morgan fingerprint density at radius 1 is 1.20 bits per heavy atom. The number of benzene rings is 1. The first-order valence-corrected chi connectivity index (χ1v) is 8.73. The van der Waals surface area contributed by atoms with Crippen LogP contribution in [0.4, 0.5) is 0 Å². The number of nitrogens with zero attached hydrogens (tertiary/aromatic N) is 2. The zero-order valence-corrected chi connectivity index (χ0v) is 17.2. The number of aliphatic imine (C=N–C) groups is 1. The minimum absolute atomic E-state index is 0. The van der Waals surface area contributed by atoms with Gasteiger partial charge in [0, 0.05) is 24.7 Å². The van der Waals surface area contributed by atoms with E-state index in [1.165, 1.54) is 25.7 Å². The van der Waals surface area contributed by atoms with E-state index in [0.29, 0.717) is 12.6 Å². The van der Waals surface area contributed by atoms with Gasteiger partial charge in [-0.15, -0.1) is 24.0 Å². The van der Waals surface area contributed by atoms with Gasteiger partial charge in [0.05, 0.1) is 6.54 Å². The maximum absolute atomic E-state index is 5.43. The fourth-order valence-corrected chi connectivity index (χ4v) is 3.10. The Hall–Kier alpha value is -1.57. The van der Waals surface area contributed by atoms with Crippen molar-refractivity contribution in [2.24, 2.45) is 10.9 Å². The highest BCUT2D eigenvalue weighted by Crippen LogP contribution is 2.23. The van der Waals surface area contributed by atoms with Crippen LogP contribution in [0.25, 0.3) is 11.3 Å². The molecule has 25 heavy (non-hydrogen) atoms. The lowest BCUT2D eigenvalue weighted by molar-refractivity contribution is 0.329. The zero-order chi connectivity index (χ0) is 16.8. The lowest BCUT2D eigenvalue weighted by Crippen LogP contribution is -2.44. The van der Waals surface area contributed by atoms with Crippen molar-refractivity contribution >= 4 is 29.9 Å². The molecule has 0 unspecified atom stereocenters. The van der Waals surface area contributed by atoms with Crippen LogP contribution in [0, 0.1) is 5.92 Å². The van der Waals surface area contributed by atoms with Crippen molar-refractivity contribution in [2.75, 3.05) is 7.05 Å². The van der Waals surface area contributed by atoms with Crippen LogP contribution in [0.1, 0.15) is 38.3 Å². The van der Waals surface area contributed by atoms with Gasteiger partial charge in [0.2, 0.25) is 0 Å². The van der Waals surface area contributed by atoms with Crippen LogP contribution in [-0.2, 0) is 6.54 Å². The summed E-state index contributed by atoms with van der Waals surface area (Å²) >= 11 is 0. The Balaban J connectivity index is 0.00000225. The van der Waals surface area contributed by atoms with Crippen LogP contribution in [-0.4, -0.2) is 24.2 Å². The molecule has 5 nitrogen and oxygen atoms in total. The summed E-state index contributed by atoms with van der Waals surface area (Å²) in [7, 11) is 1.80. The second-order valence-electron chi connectivity index (χ2n) is 6.58. The van der Waals surface area contributed by atoms with E-state index in [4.69, 9.17) is 4.52 Å². The maximum Gasteiger partial charge on any atom is 0.191 e. The third-order valence-corrected chi connectivity index (χ3v) is 4.63. The molecule has 2 aromatic rings. The average Bonchev–Trinajstić information content (AvgIpc) is 3.10. The van der Waals surface area contributed by atoms with Crippen molar-refractivity contribution in [1.29, 1.82) is 0 Å². The molecule has 0 aliphatic heterocycles. The number of aromatic nitrogens is 1. The molecule has 136 valence electrons. The summed E-state index contributed by atoms with van der Waals surface area (Å²) in [4.78, 5) is 4.32. The molecule has 1 heterocycles. The molecule has 1 aliphatic rings. The third-order valence-electron chi connectivity index (χ3n) is 4.63. The van der Waals surface area contributed by atoms with Crippen LogP contribution in [0.5, 0.6) is 0 Å². The van der Waals surface area contributed by atoms with Crippen LogP contribution in [0.3, 0.4) is 0 Å². The SMILES string of the molecule is CN=C(NCc1cc(-c2ccccc2)on1)NC1CCC(C)CC1.I. The predicted molar refractivity (Wildman–Crippen MR) is 112 cm³/mol. The molecule has 3 rings (SSSR count). The monoisotopic (exact) mass is 454 g/mol. The highest BCUT2D eigenvalue weighted by atomic mass is 127. The van der Waals surface area contributed by atoms with Crippen LogP contribution in [0.15, 0.2) is 45.9 Å². The maximum atomic E-state index is 5.43. The Morgan fingerprint density at radius 3 is 2.60 bits per heavy atom. The van der Waals surface area contributed by atoms with E-state index in [0.717, 1.165) is 28.9 Å². The van der Waals surface area contributed by atoms with E-state index >= 15 is 0 Å². The quantitative estimate of drug-likeness (QED) is 0.413. The molecule has 6 heteroatoms. The fraction of sp³-hybridized carbons (Fsp3) is 0.474. The summed E-state index contributed by atoms with van der Waals surface area (Å²) in [6.07, 6.45) is 5.00. The minimum Gasteiger partial charge on any atom is -0.356 e. The van der Waals surface area contributed by atoms with Crippen molar-refractivity contribution in [3.63, 3.8) is 0 Å². The highest BCUT2D eigenvalue weighted by molar-refractivity contribution is 14.0. The van der Waals surface area contributed by atoms with E-state index in [1.54, 1.807) is 7.05 Å². The number of hydrogen-bond acceptors (Lipinski definition) is 3. The molecule has 1 aromatic heterocycles. The van der Waals surface area contributed by atoms with Gasteiger partial charge in [0.25, 0.3) is 0 Å². The molecule has 0 spiro atoms. The smallest absolute Gasteiger partial charge is 0.191 e. The molecular weight excluding hydrogens is 427 g/mol. The summed E-state index contributed by atoms with van der Waals surface area (Å²) in [5, 5.41) is 11.0. The second kappa shape index (κ2) is 9.79. The van der Waals surface area contributed by atoms with Crippen LogP contribution >= 0.6 is 24.0 Å². The van der Waals surface area contributed by atoms with Gasteiger partial charge in [-0.1, -0.05) is 42.4 Å². The van der Waals surface area contributed by atoms with Crippen molar-refractivity contribution in [2.45, 2.75) is 45.2 Å². The van der Waals surface area contributed by atoms with E-state index in [2.05, 4.69) is 27.7 Å². The number of nitrogens with one attached hydrogen (secondary N) is 2. The molecule has 1 saturated carbocycles. The first-order valence-electron chi connectivity index (χ1n) is 8.73. The Morgan fingerprint density at radius 2 is 1.92 bits per heavy atom. The van der Waals surface area contributed by atoms with Gasteiger partial charge in [-0.3, -0.25) is 4.99 Å². The molecule has 0 atom stereocenters. The highest BCUT2D eigenvalue weighted by Gasteiger charge is 2.19. The minimum atomic E-state index is 0. The first-order chi connectivity index (χ1) is 11.7. The number of rotatable bonds is 4. The van der Waals surface area contributed by atoms with E-state index in [-0.39, 0.29) is 24.0 Å². The molecule has 0 amide bonds. The molecule has 0 saturated heterocycles. The lowest BCUT2D eigenvalue weighted by Gasteiger charge is -2.28. The van der Waals surface area contributed by atoms with Gasteiger partial charge in [0.1, 0.15) is 5.69 Å². The number of guanidine groups is 1. The van der Waals surface area contributed by atoms with E-state index in [9.17, 15) is 0 Å². The average molecular weight is 454 g/mol. The molecule has 1 aliphatic carbocycles. The topological polar surface area (TPSA) is 62.5 Å². The fourth-order valence-electron chi connectivity index (χ4n) is 3.10. The van der Waals surface area contributed by atoms with Crippen molar-refractivity contribution in [3.8, 4) is 11.3 Å². The number of halogens is 1. The van der Waals surface area contributed by atoms with Crippen LogP contribution in [0.2, 0.25) is 0 Å². The van der Waals surface area contributed by atoms with Gasteiger partial charge in [-0.25, -0.2) is 0 Å². The lowest BCUT2D eigenvalue weighted by atomic mass is 9.87. The van der Waals surface area contributed by atoms with Crippen molar-refractivity contribution in [3.05, 3.63) is 42.1 Å². The van der Waals surface area contributed by atoms with Gasteiger partial charge < -0.3 is 15.2 Å². The summed E-state index contributed by atoms with van der Waals surface area (Å²) in [6, 6.07) is 12.5. The van der Waals surface area contributed by atoms with E-state index in [1.807, 2.05) is 36.4 Å². The summed E-state index contributed by atoms with van der Waals surface area (Å²) in [6.45, 7) is 2.93. The first kappa shape index (κ1) is 19.8. The Bertz CT molecular complexity index is 663. The zero-order valence-electron chi connectivity index (χ0n) is 14.9. The number of hydrogen-bond donors (Lipinski definition) is 2. The molecule has 1 aromatic carbocycles. The summed E-state index contributed by atoms with van der Waals surface area (Å²) < 4.78 is 5.43. The largest absolute Gasteiger partial charge is 0.356 e. The van der Waals surface area contributed by atoms with Crippen molar-refractivity contribution < 1.29 is 4.52 Å². The second-order valence-corrected chi connectivity index (χ2v) is 6.58. The molecule has 1 fully saturated rings. The van der Waals surface area contributed by atoms with Gasteiger partial charge >= 0.3 is 0 Å².